The molecule has 1 atom stereocenters. The normalized spacial score (nSPS) is 31.1. The van der Waals surface area contributed by atoms with Crippen molar-refractivity contribution in [2.24, 2.45) is 11.8 Å². The fraction of sp³-hybridized carbons (Fsp3) is 0.875. The summed E-state index contributed by atoms with van der Waals surface area (Å²) in [5.41, 5.74) is 0. The molecule has 114 valence electrons. The second-order valence-corrected chi connectivity index (χ2v) is 6.57. The van der Waals surface area contributed by atoms with Crippen LogP contribution in [-0.4, -0.2) is 34.5 Å². The number of amides is 1. The van der Waals surface area contributed by atoms with Gasteiger partial charge in [0.2, 0.25) is 5.91 Å². The number of hydrogen-bond donors (Lipinski definition) is 1. The van der Waals surface area contributed by atoms with Crippen LogP contribution in [0.1, 0.15) is 64.7 Å². The molecule has 1 aliphatic carbocycles. The molecule has 0 bridgehead atoms. The van der Waals surface area contributed by atoms with Crippen molar-refractivity contribution in [3.8, 4) is 0 Å². The van der Waals surface area contributed by atoms with E-state index in [4.69, 9.17) is 5.11 Å². The van der Waals surface area contributed by atoms with E-state index in [9.17, 15) is 9.59 Å². The largest absolute Gasteiger partial charge is 0.481 e. The van der Waals surface area contributed by atoms with Gasteiger partial charge in [0.1, 0.15) is 0 Å². The lowest BCUT2D eigenvalue weighted by atomic mass is 9.81. The maximum atomic E-state index is 12.7. The lowest BCUT2D eigenvalue weighted by Crippen LogP contribution is -2.47. The third kappa shape index (κ3) is 3.97. The molecule has 0 aromatic heterocycles. The van der Waals surface area contributed by atoms with Crippen molar-refractivity contribution in [1.29, 1.82) is 0 Å². The second-order valence-electron chi connectivity index (χ2n) is 6.57. The second kappa shape index (κ2) is 7.09. The van der Waals surface area contributed by atoms with Gasteiger partial charge < -0.3 is 10.0 Å². The Hall–Kier alpha value is -1.06. The molecule has 1 aliphatic heterocycles. The summed E-state index contributed by atoms with van der Waals surface area (Å²) in [6, 6.07) is 0.159. The number of likely N-dealkylation sites (tertiary alicyclic amines) is 1. The van der Waals surface area contributed by atoms with Crippen molar-refractivity contribution in [3.05, 3.63) is 0 Å². The van der Waals surface area contributed by atoms with E-state index >= 15 is 0 Å². The number of carboxylic acid groups (broad SMARTS) is 1. The quantitative estimate of drug-likeness (QED) is 0.861. The SMILES string of the molecule is CC1CCC(C(=O)N2CCCCC2CCC(=O)O)CC1. The average molecular weight is 281 g/mol. The zero-order valence-corrected chi connectivity index (χ0v) is 12.5. The molecule has 20 heavy (non-hydrogen) atoms. The van der Waals surface area contributed by atoms with Gasteiger partial charge in [0, 0.05) is 24.9 Å². The molecule has 2 aliphatic rings. The van der Waals surface area contributed by atoms with Gasteiger partial charge in [-0.25, -0.2) is 0 Å². The minimum absolute atomic E-state index is 0.159. The van der Waals surface area contributed by atoms with Crippen LogP contribution in [0.4, 0.5) is 0 Å². The molecular weight excluding hydrogens is 254 g/mol. The Morgan fingerprint density at radius 1 is 1.10 bits per heavy atom. The topological polar surface area (TPSA) is 57.6 Å². The number of nitrogens with zero attached hydrogens (tertiary/aromatic N) is 1. The van der Waals surface area contributed by atoms with Crippen molar-refractivity contribution in [1.82, 2.24) is 4.90 Å². The van der Waals surface area contributed by atoms with Crippen LogP contribution in [0, 0.1) is 11.8 Å². The number of piperidine rings is 1. The van der Waals surface area contributed by atoms with Gasteiger partial charge in [0.25, 0.3) is 0 Å². The number of carboxylic acids is 1. The molecule has 1 saturated carbocycles. The average Bonchev–Trinajstić information content (AvgIpc) is 2.45. The molecule has 1 amide bonds. The van der Waals surface area contributed by atoms with E-state index in [2.05, 4.69) is 6.92 Å². The number of carbonyl (C=O) groups excluding carboxylic acids is 1. The molecule has 4 nitrogen and oxygen atoms in total. The van der Waals surface area contributed by atoms with Crippen molar-refractivity contribution in [3.63, 3.8) is 0 Å². The highest BCUT2D eigenvalue weighted by Gasteiger charge is 2.33. The highest BCUT2D eigenvalue weighted by Crippen LogP contribution is 2.32. The standard InChI is InChI=1S/C16H27NO3/c1-12-5-7-13(8-6-12)16(20)17-11-3-2-4-14(17)9-10-15(18)19/h12-14H,2-11H2,1H3,(H,18,19). The molecule has 2 rings (SSSR count). The van der Waals surface area contributed by atoms with Gasteiger partial charge in [0.15, 0.2) is 0 Å². The number of rotatable bonds is 4. The Bertz CT molecular complexity index is 348. The Balaban J connectivity index is 1.92. The fourth-order valence-electron chi connectivity index (χ4n) is 3.62. The van der Waals surface area contributed by atoms with E-state index in [0.29, 0.717) is 12.3 Å². The summed E-state index contributed by atoms with van der Waals surface area (Å²) in [4.78, 5) is 25.5. The highest BCUT2D eigenvalue weighted by atomic mass is 16.4. The van der Waals surface area contributed by atoms with Gasteiger partial charge in [-0.05, 0) is 57.3 Å². The summed E-state index contributed by atoms with van der Waals surface area (Å²) in [7, 11) is 0. The van der Waals surface area contributed by atoms with Crippen LogP contribution in [0.5, 0.6) is 0 Å². The summed E-state index contributed by atoms with van der Waals surface area (Å²) < 4.78 is 0. The lowest BCUT2D eigenvalue weighted by Gasteiger charge is -2.39. The van der Waals surface area contributed by atoms with Crippen LogP contribution < -0.4 is 0 Å². The van der Waals surface area contributed by atoms with E-state index in [1.807, 2.05) is 4.90 Å². The molecule has 0 aromatic carbocycles. The number of hydrogen-bond acceptors (Lipinski definition) is 2. The van der Waals surface area contributed by atoms with Gasteiger partial charge >= 0.3 is 5.97 Å². The first-order chi connectivity index (χ1) is 9.58. The Labute approximate surface area is 121 Å². The first kappa shape index (κ1) is 15.3. The summed E-state index contributed by atoms with van der Waals surface area (Å²) in [5, 5.41) is 8.84. The summed E-state index contributed by atoms with van der Waals surface area (Å²) >= 11 is 0. The van der Waals surface area contributed by atoms with Gasteiger partial charge in [-0.2, -0.15) is 0 Å². The number of carbonyl (C=O) groups is 2. The van der Waals surface area contributed by atoms with E-state index in [1.165, 1.54) is 0 Å². The molecule has 1 heterocycles. The van der Waals surface area contributed by atoms with Crippen molar-refractivity contribution in [2.75, 3.05) is 6.54 Å². The van der Waals surface area contributed by atoms with Crippen LogP contribution in [0.15, 0.2) is 0 Å². The summed E-state index contributed by atoms with van der Waals surface area (Å²) in [5.74, 6) is 0.487. The third-order valence-corrected chi connectivity index (χ3v) is 4.97. The molecule has 1 unspecified atom stereocenters. The first-order valence-electron chi connectivity index (χ1n) is 8.10. The van der Waals surface area contributed by atoms with Gasteiger partial charge in [-0.3, -0.25) is 9.59 Å². The number of aliphatic carboxylic acids is 1. The zero-order chi connectivity index (χ0) is 14.5. The predicted molar refractivity (Wildman–Crippen MR) is 77.3 cm³/mol. The molecule has 0 spiro atoms. The molecule has 4 heteroatoms. The van der Waals surface area contributed by atoms with E-state index in [0.717, 1.165) is 57.4 Å². The van der Waals surface area contributed by atoms with E-state index in [1.54, 1.807) is 0 Å². The first-order valence-corrected chi connectivity index (χ1v) is 8.10. The Kier molecular flexibility index (Phi) is 5.44. The lowest BCUT2D eigenvalue weighted by molar-refractivity contribution is -0.143. The van der Waals surface area contributed by atoms with Crippen molar-refractivity contribution < 1.29 is 14.7 Å². The Morgan fingerprint density at radius 2 is 1.80 bits per heavy atom. The molecule has 2 fully saturated rings. The van der Waals surface area contributed by atoms with Crippen LogP contribution in [0.25, 0.3) is 0 Å². The van der Waals surface area contributed by atoms with E-state index in [-0.39, 0.29) is 18.4 Å². The monoisotopic (exact) mass is 281 g/mol. The van der Waals surface area contributed by atoms with Crippen LogP contribution in [-0.2, 0) is 9.59 Å². The third-order valence-electron chi connectivity index (χ3n) is 4.97. The molecule has 1 N–H and O–H groups in total. The maximum absolute atomic E-state index is 12.7. The van der Waals surface area contributed by atoms with Crippen LogP contribution in [0.3, 0.4) is 0 Å². The summed E-state index contributed by atoms with van der Waals surface area (Å²) in [6.45, 7) is 3.09. The minimum atomic E-state index is -0.755. The van der Waals surface area contributed by atoms with Gasteiger partial charge in [-0.15, -0.1) is 0 Å². The molecular formula is C16H27NO3. The fourth-order valence-corrected chi connectivity index (χ4v) is 3.62. The van der Waals surface area contributed by atoms with E-state index < -0.39 is 5.97 Å². The van der Waals surface area contributed by atoms with Crippen molar-refractivity contribution in [2.45, 2.75) is 70.8 Å². The molecule has 0 radical (unpaired) electrons. The predicted octanol–water partition coefficient (Wildman–Crippen LogP) is 3.06. The van der Waals surface area contributed by atoms with Gasteiger partial charge in [-0.1, -0.05) is 6.92 Å². The molecule has 1 saturated heterocycles. The highest BCUT2D eigenvalue weighted by molar-refractivity contribution is 5.79. The van der Waals surface area contributed by atoms with Crippen LogP contribution in [0.2, 0.25) is 0 Å². The maximum Gasteiger partial charge on any atom is 0.303 e. The smallest absolute Gasteiger partial charge is 0.303 e. The molecule has 0 aromatic rings. The summed E-state index contributed by atoms with van der Waals surface area (Å²) in [6.07, 6.45) is 8.30. The minimum Gasteiger partial charge on any atom is -0.481 e. The van der Waals surface area contributed by atoms with Gasteiger partial charge in [0.05, 0.1) is 0 Å². The zero-order valence-electron chi connectivity index (χ0n) is 12.5. The van der Waals surface area contributed by atoms with Crippen LogP contribution >= 0.6 is 0 Å². The van der Waals surface area contributed by atoms with Crippen molar-refractivity contribution >= 4 is 11.9 Å². The Morgan fingerprint density at radius 3 is 2.45 bits per heavy atom.